The van der Waals surface area contributed by atoms with Crippen LogP contribution in [0.4, 0.5) is 0 Å². The van der Waals surface area contributed by atoms with E-state index in [1.807, 2.05) is 19.1 Å². The maximum absolute atomic E-state index is 12.7. The fraction of sp³-hybridized carbons (Fsp3) is 0.765. The molecule has 214 valence electrons. The maximum atomic E-state index is 12.7. The van der Waals surface area contributed by atoms with Crippen molar-refractivity contribution >= 4 is 11.6 Å². The van der Waals surface area contributed by atoms with Gasteiger partial charge >= 0.3 is 0 Å². The monoisotopic (exact) mass is 526 g/mol. The average molecular weight is 527 g/mol. The van der Waals surface area contributed by atoms with Gasteiger partial charge in [-0.2, -0.15) is 0 Å². The van der Waals surface area contributed by atoms with Crippen LogP contribution in [-0.2, 0) is 20.4 Å². The van der Waals surface area contributed by atoms with Crippen molar-refractivity contribution in [1.29, 1.82) is 0 Å². The molecule has 4 nitrogen and oxygen atoms in total. The normalized spacial score (nSPS) is 17.9. The van der Waals surface area contributed by atoms with Crippen LogP contribution >= 0.6 is 0 Å². The lowest BCUT2D eigenvalue weighted by Gasteiger charge is -2.32. The molecule has 2 aliphatic rings. The Bertz CT molecular complexity index is 917. The molecule has 2 fully saturated rings. The molecule has 2 saturated carbocycles. The van der Waals surface area contributed by atoms with Crippen molar-refractivity contribution in [2.24, 2.45) is 11.8 Å². The number of ether oxygens (including phenoxy) is 1. The number of aromatic hydroxyl groups is 1. The number of hydrogen-bond donors (Lipinski definition) is 1. The predicted octanol–water partition coefficient (Wildman–Crippen LogP) is 8.99. The molecule has 0 radical (unpaired) electrons. The van der Waals surface area contributed by atoms with Gasteiger partial charge in [-0.25, -0.2) is 0 Å². The van der Waals surface area contributed by atoms with E-state index in [0.29, 0.717) is 36.8 Å². The molecule has 1 aromatic carbocycles. The zero-order chi connectivity index (χ0) is 27.8. The van der Waals surface area contributed by atoms with Gasteiger partial charge in [0.25, 0.3) is 0 Å². The summed E-state index contributed by atoms with van der Waals surface area (Å²) in [6.07, 6.45) is 16.3. The molecule has 0 heterocycles. The van der Waals surface area contributed by atoms with E-state index >= 15 is 0 Å². The summed E-state index contributed by atoms with van der Waals surface area (Å²) in [4.78, 5) is 25.4. The SMILES string of the molecule is CCOc1cc(C(C)(C)CCCC(=O)C2CCCCC2)c(O)cc1C(C)(C)CCCC(=O)C1CCCCC1. The molecule has 1 aromatic rings. The molecule has 0 unspecified atom stereocenters. The van der Waals surface area contributed by atoms with Gasteiger partial charge in [0, 0.05) is 35.8 Å². The van der Waals surface area contributed by atoms with Crippen LogP contribution in [0.1, 0.15) is 148 Å². The predicted molar refractivity (Wildman–Crippen MR) is 156 cm³/mol. The topological polar surface area (TPSA) is 63.6 Å². The number of carbonyl (C=O) groups is 2. The van der Waals surface area contributed by atoms with Crippen LogP contribution in [0.3, 0.4) is 0 Å². The van der Waals surface area contributed by atoms with Crippen LogP contribution in [0, 0.1) is 11.8 Å². The van der Waals surface area contributed by atoms with Crippen molar-refractivity contribution in [2.45, 2.75) is 148 Å². The highest BCUT2D eigenvalue weighted by molar-refractivity contribution is 5.81. The summed E-state index contributed by atoms with van der Waals surface area (Å²) in [5, 5.41) is 11.2. The highest BCUT2D eigenvalue weighted by atomic mass is 16.5. The largest absolute Gasteiger partial charge is 0.508 e. The number of phenolic OH excluding ortho intramolecular Hbond substituents is 1. The van der Waals surface area contributed by atoms with Gasteiger partial charge in [0.2, 0.25) is 0 Å². The standard InChI is InChI=1S/C34H54O4/c1-6-38-32-24-27(33(2,3)21-13-19-29(35)25-15-9-7-10-16-25)31(37)23-28(32)34(4,5)22-14-20-30(36)26-17-11-8-12-18-26/h23-26,37H,6-22H2,1-5H3. The van der Waals surface area contributed by atoms with Crippen LogP contribution < -0.4 is 4.74 Å². The van der Waals surface area contributed by atoms with Gasteiger partial charge in [-0.3, -0.25) is 9.59 Å². The van der Waals surface area contributed by atoms with Gasteiger partial charge < -0.3 is 9.84 Å². The quantitative estimate of drug-likeness (QED) is 0.263. The molecule has 1 N–H and O–H groups in total. The Hall–Kier alpha value is -1.84. The summed E-state index contributed by atoms with van der Waals surface area (Å²) < 4.78 is 6.13. The fourth-order valence-electron chi connectivity index (χ4n) is 6.85. The lowest BCUT2D eigenvalue weighted by Crippen LogP contribution is -2.23. The van der Waals surface area contributed by atoms with Gasteiger partial charge in [0.05, 0.1) is 6.61 Å². The number of ketones is 2. The maximum Gasteiger partial charge on any atom is 0.135 e. The van der Waals surface area contributed by atoms with Crippen molar-refractivity contribution in [3.8, 4) is 11.5 Å². The molecule has 3 rings (SSSR count). The lowest BCUT2D eigenvalue weighted by molar-refractivity contribution is -0.124. The van der Waals surface area contributed by atoms with Crippen LogP contribution in [-0.4, -0.2) is 23.3 Å². The number of Topliss-reactive ketones (excluding diaryl/α,β-unsaturated/α-hetero) is 2. The van der Waals surface area contributed by atoms with Gasteiger partial charge in [0.1, 0.15) is 23.1 Å². The Balaban J connectivity index is 1.65. The molecular weight excluding hydrogens is 472 g/mol. The number of rotatable bonds is 14. The summed E-state index contributed by atoms with van der Waals surface area (Å²) in [7, 11) is 0. The van der Waals surface area contributed by atoms with E-state index in [1.54, 1.807) is 0 Å². The van der Waals surface area contributed by atoms with E-state index in [9.17, 15) is 14.7 Å². The Morgan fingerprint density at radius 2 is 1.21 bits per heavy atom. The smallest absolute Gasteiger partial charge is 0.135 e. The second-order valence-electron chi connectivity index (χ2n) is 13.4. The van der Waals surface area contributed by atoms with Crippen molar-refractivity contribution in [1.82, 2.24) is 0 Å². The van der Waals surface area contributed by atoms with Gasteiger partial charge in [-0.1, -0.05) is 66.2 Å². The van der Waals surface area contributed by atoms with Crippen molar-refractivity contribution < 1.29 is 19.4 Å². The van der Waals surface area contributed by atoms with E-state index in [-0.39, 0.29) is 22.7 Å². The summed E-state index contributed by atoms with van der Waals surface area (Å²) in [6, 6.07) is 3.93. The fourth-order valence-corrected chi connectivity index (χ4v) is 6.85. The van der Waals surface area contributed by atoms with Crippen molar-refractivity contribution in [2.75, 3.05) is 6.61 Å². The van der Waals surface area contributed by atoms with E-state index < -0.39 is 0 Å². The second-order valence-corrected chi connectivity index (χ2v) is 13.4. The van der Waals surface area contributed by atoms with E-state index in [1.165, 1.54) is 38.5 Å². The third-order valence-corrected chi connectivity index (χ3v) is 9.43. The van der Waals surface area contributed by atoms with Crippen molar-refractivity contribution in [3.63, 3.8) is 0 Å². The molecule has 0 spiro atoms. The Morgan fingerprint density at radius 1 is 0.763 bits per heavy atom. The molecule has 0 bridgehead atoms. The molecule has 0 amide bonds. The molecule has 0 atom stereocenters. The first-order valence-corrected chi connectivity index (χ1v) is 15.6. The van der Waals surface area contributed by atoms with Crippen LogP contribution in [0.25, 0.3) is 0 Å². The molecular formula is C34H54O4. The number of hydrogen-bond acceptors (Lipinski definition) is 4. The Kier molecular flexibility index (Phi) is 11.3. The van der Waals surface area contributed by atoms with E-state index in [4.69, 9.17) is 4.74 Å². The van der Waals surface area contributed by atoms with Gasteiger partial charge in [-0.05, 0) is 81.3 Å². The minimum atomic E-state index is -0.266. The van der Waals surface area contributed by atoms with Crippen LogP contribution in [0.2, 0.25) is 0 Å². The molecule has 0 aromatic heterocycles. The first-order chi connectivity index (χ1) is 18.0. The third-order valence-electron chi connectivity index (χ3n) is 9.43. The Labute approximate surface area is 232 Å². The summed E-state index contributed by atoms with van der Waals surface area (Å²) in [5.74, 6) is 2.54. The number of phenols is 1. The summed E-state index contributed by atoms with van der Waals surface area (Å²) in [5.41, 5.74) is 1.41. The molecule has 2 aliphatic carbocycles. The molecule has 4 heteroatoms. The minimum absolute atomic E-state index is 0.218. The summed E-state index contributed by atoms with van der Waals surface area (Å²) in [6.45, 7) is 11.3. The first-order valence-electron chi connectivity index (χ1n) is 15.6. The zero-order valence-electron chi connectivity index (χ0n) is 25.0. The lowest BCUT2D eigenvalue weighted by atomic mass is 9.74. The van der Waals surface area contributed by atoms with Crippen LogP contribution in [0.5, 0.6) is 11.5 Å². The van der Waals surface area contributed by atoms with Gasteiger partial charge in [0.15, 0.2) is 0 Å². The molecule has 0 aliphatic heterocycles. The average Bonchev–Trinajstić information content (AvgIpc) is 2.90. The highest BCUT2D eigenvalue weighted by Gasteiger charge is 2.31. The minimum Gasteiger partial charge on any atom is -0.508 e. The zero-order valence-corrected chi connectivity index (χ0v) is 25.0. The van der Waals surface area contributed by atoms with E-state index in [0.717, 1.165) is 68.2 Å². The van der Waals surface area contributed by atoms with Crippen molar-refractivity contribution in [3.05, 3.63) is 23.3 Å². The number of benzene rings is 1. The van der Waals surface area contributed by atoms with Gasteiger partial charge in [-0.15, -0.1) is 0 Å². The Morgan fingerprint density at radius 3 is 1.66 bits per heavy atom. The van der Waals surface area contributed by atoms with E-state index in [2.05, 4.69) is 27.7 Å². The second kappa shape index (κ2) is 14.0. The molecule has 38 heavy (non-hydrogen) atoms. The first kappa shape index (κ1) is 30.7. The highest BCUT2D eigenvalue weighted by Crippen LogP contribution is 2.44. The molecule has 0 saturated heterocycles. The van der Waals surface area contributed by atoms with Crippen LogP contribution in [0.15, 0.2) is 12.1 Å². The summed E-state index contributed by atoms with van der Waals surface area (Å²) >= 11 is 0. The third kappa shape index (κ3) is 8.33. The number of carbonyl (C=O) groups excluding carboxylic acids is 2.